The van der Waals surface area contributed by atoms with E-state index in [4.69, 9.17) is 0 Å². The molecule has 1 N–H and O–H groups in total. The van der Waals surface area contributed by atoms with Gasteiger partial charge in [0.05, 0.1) is 0 Å². The van der Waals surface area contributed by atoms with Gasteiger partial charge in [0.1, 0.15) is 4.88 Å². The van der Waals surface area contributed by atoms with E-state index in [2.05, 4.69) is 10.3 Å². The molecule has 1 aromatic heterocycles. The van der Waals surface area contributed by atoms with Gasteiger partial charge in [-0.1, -0.05) is 48.6 Å². The lowest BCUT2D eigenvalue weighted by Crippen LogP contribution is -2.13. The highest BCUT2D eigenvalue weighted by Gasteiger charge is 2.21. The minimum Gasteiger partial charge on any atom is -0.354 e. The molecule has 0 aliphatic carbocycles. The van der Waals surface area contributed by atoms with Crippen LogP contribution in [0, 0.1) is 0 Å². The highest BCUT2D eigenvalue weighted by atomic mass is 32.1. The second-order valence-electron chi connectivity index (χ2n) is 4.67. The van der Waals surface area contributed by atoms with Crippen molar-refractivity contribution in [3.63, 3.8) is 0 Å². The molecule has 0 fully saturated rings. The Bertz CT molecular complexity index is 650. The van der Waals surface area contributed by atoms with Gasteiger partial charge < -0.3 is 10.2 Å². The molecule has 0 aliphatic rings. The summed E-state index contributed by atoms with van der Waals surface area (Å²) < 4.78 is 0. The van der Waals surface area contributed by atoms with Crippen molar-refractivity contribution in [1.29, 1.82) is 0 Å². The SMILES string of the molecule is CCC(=O)Nc1nc(N(C)C)sc1C(=O)c1ccccc1. The van der Waals surface area contributed by atoms with Crippen molar-refractivity contribution in [1.82, 2.24) is 4.98 Å². The molecule has 0 spiro atoms. The number of anilines is 2. The van der Waals surface area contributed by atoms with E-state index in [9.17, 15) is 9.59 Å². The van der Waals surface area contributed by atoms with Gasteiger partial charge in [-0.05, 0) is 0 Å². The van der Waals surface area contributed by atoms with Crippen LogP contribution < -0.4 is 10.2 Å². The summed E-state index contributed by atoms with van der Waals surface area (Å²) in [4.78, 5) is 30.8. The molecule has 0 radical (unpaired) electrons. The van der Waals surface area contributed by atoms with E-state index >= 15 is 0 Å². The van der Waals surface area contributed by atoms with Crippen molar-refractivity contribution in [3.05, 3.63) is 40.8 Å². The van der Waals surface area contributed by atoms with Crippen molar-refractivity contribution in [3.8, 4) is 0 Å². The van der Waals surface area contributed by atoms with E-state index in [1.54, 1.807) is 19.1 Å². The molecule has 2 rings (SSSR count). The minimum atomic E-state index is -0.160. The normalized spacial score (nSPS) is 10.2. The fourth-order valence-electron chi connectivity index (χ4n) is 1.68. The number of nitrogens with one attached hydrogen (secondary N) is 1. The van der Waals surface area contributed by atoms with E-state index in [0.29, 0.717) is 27.8 Å². The topological polar surface area (TPSA) is 62.3 Å². The monoisotopic (exact) mass is 303 g/mol. The smallest absolute Gasteiger partial charge is 0.225 e. The van der Waals surface area contributed by atoms with Crippen molar-refractivity contribution in [2.45, 2.75) is 13.3 Å². The number of nitrogens with zero attached hydrogens (tertiary/aromatic N) is 2. The van der Waals surface area contributed by atoms with Gasteiger partial charge in [0, 0.05) is 26.1 Å². The van der Waals surface area contributed by atoms with Crippen LogP contribution in [0.2, 0.25) is 0 Å². The number of benzene rings is 1. The molecule has 1 amide bonds. The number of carbonyl (C=O) groups is 2. The second kappa shape index (κ2) is 6.49. The fraction of sp³-hybridized carbons (Fsp3) is 0.267. The molecule has 21 heavy (non-hydrogen) atoms. The summed E-state index contributed by atoms with van der Waals surface area (Å²) in [6, 6.07) is 8.98. The zero-order valence-electron chi connectivity index (χ0n) is 12.2. The van der Waals surface area contributed by atoms with Gasteiger partial charge in [-0.25, -0.2) is 4.98 Å². The van der Waals surface area contributed by atoms with Crippen molar-refractivity contribution in [2.24, 2.45) is 0 Å². The van der Waals surface area contributed by atoms with E-state index in [1.165, 1.54) is 11.3 Å². The molecule has 0 saturated heterocycles. The summed E-state index contributed by atoms with van der Waals surface area (Å²) in [5.41, 5.74) is 0.582. The van der Waals surface area contributed by atoms with Crippen LogP contribution in [0.3, 0.4) is 0 Å². The van der Waals surface area contributed by atoms with Crippen molar-refractivity contribution in [2.75, 3.05) is 24.3 Å². The molecule has 0 atom stereocenters. The summed E-state index contributed by atoms with van der Waals surface area (Å²) in [5, 5.41) is 3.38. The molecule has 1 heterocycles. The maximum absolute atomic E-state index is 12.6. The first-order valence-electron chi connectivity index (χ1n) is 6.60. The lowest BCUT2D eigenvalue weighted by atomic mass is 10.1. The van der Waals surface area contributed by atoms with Crippen molar-refractivity contribution < 1.29 is 9.59 Å². The largest absolute Gasteiger partial charge is 0.354 e. The van der Waals surface area contributed by atoms with E-state index in [-0.39, 0.29) is 11.7 Å². The van der Waals surface area contributed by atoms with Crippen LogP contribution in [-0.4, -0.2) is 30.8 Å². The summed E-state index contributed by atoms with van der Waals surface area (Å²) in [7, 11) is 3.70. The Labute approximate surface area is 127 Å². The second-order valence-corrected chi connectivity index (χ2v) is 5.64. The molecular formula is C15H17N3O2S. The summed E-state index contributed by atoms with van der Waals surface area (Å²) in [6.07, 6.45) is 0.341. The molecule has 0 bridgehead atoms. The molecule has 0 saturated carbocycles. The summed E-state index contributed by atoms with van der Waals surface area (Å²) in [6.45, 7) is 1.76. The average Bonchev–Trinajstić information content (AvgIpc) is 2.91. The highest BCUT2D eigenvalue weighted by molar-refractivity contribution is 7.18. The van der Waals surface area contributed by atoms with Crippen LogP contribution in [0.5, 0.6) is 0 Å². The van der Waals surface area contributed by atoms with Gasteiger partial charge in [-0.2, -0.15) is 0 Å². The Balaban J connectivity index is 2.41. The molecular weight excluding hydrogens is 286 g/mol. The van der Waals surface area contributed by atoms with E-state index in [1.807, 2.05) is 37.2 Å². The Morgan fingerprint density at radius 1 is 1.24 bits per heavy atom. The quantitative estimate of drug-likeness (QED) is 0.863. The third-order valence-corrected chi connectivity index (χ3v) is 4.04. The number of carbonyl (C=O) groups excluding carboxylic acids is 2. The van der Waals surface area contributed by atoms with Crippen LogP contribution in [0.1, 0.15) is 28.6 Å². The summed E-state index contributed by atoms with van der Waals surface area (Å²) in [5.74, 6) is 0.0460. The fourth-order valence-corrected chi connectivity index (χ4v) is 2.59. The van der Waals surface area contributed by atoms with Crippen LogP contribution in [0.15, 0.2) is 30.3 Å². The van der Waals surface area contributed by atoms with Crippen LogP contribution in [0.25, 0.3) is 0 Å². The number of rotatable bonds is 5. The molecule has 0 aliphatic heterocycles. The maximum Gasteiger partial charge on any atom is 0.225 e. The lowest BCUT2D eigenvalue weighted by molar-refractivity contribution is -0.115. The van der Waals surface area contributed by atoms with E-state index < -0.39 is 0 Å². The first kappa shape index (κ1) is 15.2. The zero-order valence-corrected chi connectivity index (χ0v) is 13.0. The Hall–Kier alpha value is -2.21. The van der Waals surface area contributed by atoms with Gasteiger partial charge in [0.2, 0.25) is 11.7 Å². The minimum absolute atomic E-state index is 0.132. The van der Waals surface area contributed by atoms with Gasteiger partial charge in [0.15, 0.2) is 10.9 Å². The predicted octanol–water partition coefficient (Wildman–Crippen LogP) is 2.79. The molecule has 6 heteroatoms. The molecule has 0 unspecified atom stereocenters. The van der Waals surface area contributed by atoms with Gasteiger partial charge in [-0.15, -0.1) is 0 Å². The first-order chi connectivity index (χ1) is 10.0. The predicted molar refractivity (Wildman–Crippen MR) is 85.2 cm³/mol. The number of hydrogen-bond donors (Lipinski definition) is 1. The standard InChI is InChI=1S/C15H17N3O2S/c1-4-11(19)16-14-13(21-15(17-14)18(2)3)12(20)10-8-6-5-7-9-10/h5-9H,4H2,1-3H3,(H,16,19). The van der Waals surface area contributed by atoms with Crippen LogP contribution >= 0.6 is 11.3 Å². The number of amides is 1. The van der Waals surface area contributed by atoms with Gasteiger partial charge in [0.25, 0.3) is 0 Å². The van der Waals surface area contributed by atoms with Crippen LogP contribution in [0.4, 0.5) is 10.9 Å². The molecule has 2 aromatic rings. The number of aromatic nitrogens is 1. The third kappa shape index (κ3) is 3.46. The maximum atomic E-state index is 12.6. The zero-order chi connectivity index (χ0) is 15.4. The lowest BCUT2D eigenvalue weighted by Gasteiger charge is -2.05. The van der Waals surface area contributed by atoms with Gasteiger partial charge >= 0.3 is 0 Å². The number of ketones is 1. The average molecular weight is 303 g/mol. The van der Waals surface area contributed by atoms with Crippen molar-refractivity contribution >= 4 is 34.0 Å². The van der Waals surface area contributed by atoms with Crippen LogP contribution in [-0.2, 0) is 4.79 Å². The number of hydrogen-bond acceptors (Lipinski definition) is 5. The Kier molecular flexibility index (Phi) is 4.70. The third-order valence-electron chi connectivity index (χ3n) is 2.82. The molecule has 1 aromatic carbocycles. The Morgan fingerprint density at radius 2 is 1.90 bits per heavy atom. The van der Waals surface area contributed by atoms with E-state index in [0.717, 1.165) is 0 Å². The summed E-state index contributed by atoms with van der Waals surface area (Å²) >= 11 is 1.27. The highest BCUT2D eigenvalue weighted by Crippen LogP contribution is 2.31. The molecule has 110 valence electrons. The molecule has 5 nitrogen and oxygen atoms in total. The Morgan fingerprint density at radius 3 is 2.48 bits per heavy atom. The number of thiazole rings is 1. The first-order valence-corrected chi connectivity index (χ1v) is 7.42. The van der Waals surface area contributed by atoms with Gasteiger partial charge in [-0.3, -0.25) is 9.59 Å².